The zero-order valence-corrected chi connectivity index (χ0v) is 8.99. The van der Waals surface area contributed by atoms with Crippen LogP contribution < -0.4 is 11.3 Å². The third-order valence-corrected chi connectivity index (χ3v) is 2.74. The van der Waals surface area contributed by atoms with E-state index in [0.29, 0.717) is 12.2 Å². The normalized spacial score (nSPS) is 10.5. The van der Waals surface area contributed by atoms with Crippen LogP contribution in [0.5, 0.6) is 0 Å². The first-order valence-electron chi connectivity index (χ1n) is 4.41. The standard InChI is InChI=1S/C9H10N4OS/c1-6-8(10)2-3-9(14)13(6)5-7-4-11-15-12-7/h2-4H,5,10H2,1H3. The van der Waals surface area contributed by atoms with E-state index in [-0.39, 0.29) is 5.56 Å². The molecular formula is C9H10N4OS. The first-order chi connectivity index (χ1) is 7.18. The molecule has 2 heterocycles. The second kappa shape index (κ2) is 3.82. The summed E-state index contributed by atoms with van der Waals surface area (Å²) in [5.41, 5.74) is 7.79. The van der Waals surface area contributed by atoms with Gasteiger partial charge in [0.25, 0.3) is 5.56 Å². The molecule has 0 fully saturated rings. The molecular weight excluding hydrogens is 212 g/mol. The lowest BCUT2D eigenvalue weighted by Gasteiger charge is -2.09. The fourth-order valence-electron chi connectivity index (χ4n) is 1.30. The SMILES string of the molecule is Cc1c(N)ccc(=O)n1Cc1cnsn1. The van der Waals surface area contributed by atoms with Crippen molar-refractivity contribution in [2.45, 2.75) is 13.5 Å². The zero-order valence-electron chi connectivity index (χ0n) is 8.17. The molecule has 0 bridgehead atoms. The summed E-state index contributed by atoms with van der Waals surface area (Å²) in [6, 6.07) is 3.08. The van der Waals surface area contributed by atoms with Crippen molar-refractivity contribution in [1.82, 2.24) is 13.3 Å². The number of hydrogen-bond donors (Lipinski definition) is 1. The highest BCUT2D eigenvalue weighted by atomic mass is 32.1. The van der Waals surface area contributed by atoms with Crippen LogP contribution in [0.15, 0.2) is 23.1 Å². The van der Waals surface area contributed by atoms with E-state index in [4.69, 9.17) is 5.73 Å². The minimum absolute atomic E-state index is 0.0744. The number of nitrogens with two attached hydrogens (primary N) is 1. The van der Waals surface area contributed by atoms with Gasteiger partial charge < -0.3 is 10.3 Å². The second-order valence-electron chi connectivity index (χ2n) is 3.20. The van der Waals surface area contributed by atoms with Gasteiger partial charge in [0, 0.05) is 11.8 Å². The predicted molar refractivity (Wildman–Crippen MR) is 58.9 cm³/mol. The summed E-state index contributed by atoms with van der Waals surface area (Å²) in [7, 11) is 0. The van der Waals surface area contributed by atoms with Crippen molar-refractivity contribution in [3.05, 3.63) is 40.1 Å². The minimum atomic E-state index is -0.0744. The van der Waals surface area contributed by atoms with E-state index in [1.165, 1.54) is 6.07 Å². The Morgan fingerprint density at radius 3 is 3.00 bits per heavy atom. The number of anilines is 1. The lowest BCUT2D eigenvalue weighted by Crippen LogP contribution is -2.23. The molecule has 2 N–H and O–H groups in total. The maximum absolute atomic E-state index is 11.6. The first-order valence-corrected chi connectivity index (χ1v) is 5.14. The molecule has 0 saturated carbocycles. The van der Waals surface area contributed by atoms with Gasteiger partial charge in [-0.1, -0.05) is 0 Å². The van der Waals surface area contributed by atoms with Gasteiger partial charge in [0.2, 0.25) is 0 Å². The Kier molecular flexibility index (Phi) is 2.51. The number of rotatable bonds is 2. The lowest BCUT2D eigenvalue weighted by molar-refractivity contribution is 0.721. The van der Waals surface area contributed by atoms with Crippen LogP contribution in [-0.4, -0.2) is 13.3 Å². The van der Waals surface area contributed by atoms with Crippen molar-refractivity contribution in [3.63, 3.8) is 0 Å². The molecule has 0 amide bonds. The average molecular weight is 222 g/mol. The van der Waals surface area contributed by atoms with Gasteiger partial charge in [-0.2, -0.15) is 8.75 Å². The summed E-state index contributed by atoms with van der Waals surface area (Å²) in [5, 5.41) is 0. The Hall–Kier alpha value is -1.69. The van der Waals surface area contributed by atoms with E-state index < -0.39 is 0 Å². The molecule has 0 atom stereocenters. The van der Waals surface area contributed by atoms with Crippen LogP contribution in [0.4, 0.5) is 5.69 Å². The maximum atomic E-state index is 11.6. The highest BCUT2D eigenvalue weighted by molar-refractivity contribution is 6.99. The van der Waals surface area contributed by atoms with Gasteiger partial charge >= 0.3 is 0 Å². The Labute approximate surface area is 90.5 Å². The number of nitrogens with zero attached hydrogens (tertiary/aromatic N) is 3. The Morgan fingerprint density at radius 1 is 1.53 bits per heavy atom. The highest BCUT2D eigenvalue weighted by Crippen LogP contribution is 2.08. The topological polar surface area (TPSA) is 73.8 Å². The first kappa shape index (κ1) is 9.85. The molecule has 0 aromatic carbocycles. The third kappa shape index (κ3) is 1.89. The van der Waals surface area contributed by atoms with Crippen LogP contribution in [0, 0.1) is 6.92 Å². The van der Waals surface area contributed by atoms with E-state index >= 15 is 0 Å². The molecule has 15 heavy (non-hydrogen) atoms. The Bertz CT molecular complexity index is 517. The molecule has 2 rings (SSSR count). The monoisotopic (exact) mass is 222 g/mol. The van der Waals surface area contributed by atoms with Crippen LogP contribution in [0.25, 0.3) is 0 Å². The molecule has 2 aromatic heterocycles. The molecule has 0 aliphatic rings. The van der Waals surface area contributed by atoms with Crippen molar-refractivity contribution >= 4 is 17.4 Å². The number of nitrogen functional groups attached to an aromatic ring is 1. The van der Waals surface area contributed by atoms with Crippen LogP contribution in [0.2, 0.25) is 0 Å². The van der Waals surface area contributed by atoms with Crippen molar-refractivity contribution in [3.8, 4) is 0 Å². The summed E-state index contributed by atoms with van der Waals surface area (Å²) in [6.07, 6.45) is 1.65. The molecule has 6 heteroatoms. The summed E-state index contributed by atoms with van der Waals surface area (Å²) in [4.78, 5) is 11.6. The quantitative estimate of drug-likeness (QED) is 0.809. The van der Waals surface area contributed by atoms with Gasteiger partial charge in [-0.3, -0.25) is 4.79 Å². The summed E-state index contributed by atoms with van der Waals surface area (Å²) in [6.45, 7) is 2.24. The number of aromatic nitrogens is 3. The largest absolute Gasteiger partial charge is 0.397 e. The van der Waals surface area contributed by atoms with E-state index in [1.807, 2.05) is 6.92 Å². The van der Waals surface area contributed by atoms with Gasteiger partial charge in [0.05, 0.1) is 35.9 Å². The molecule has 5 nitrogen and oxygen atoms in total. The van der Waals surface area contributed by atoms with E-state index in [1.54, 1.807) is 16.8 Å². The lowest BCUT2D eigenvalue weighted by atomic mass is 10.3. The van der Waals surface area contributed by atoms with Crippen LogP contribution >= 0.6 is 11.7 Å². The van der Waals surface area contributed by atoms with Crippen molar-refractivity contribution in [2.75, 3.05) is 5.73 Å². The number of hydrogen-bond acceptors (Lipinski definition) is 5. The molecule has 0 aliphatic heterocycles. The third-order valence-electron chi connectivity index (χ3n) is 2.22. The smallest absolute Gasteiger partial charge is 0.251 e. The maximum Gasteiger partial charge on any atom is 0.251 e. The van der Waals surface area contributed by atoms with Gasteiger partial charge in [0.15, 0.2) is 0 Å². The van der Waals surface area contributed by atoms with Gasteiger partial charge in [-0.25, -0.2) is 0 Å². The zero-order chi connectivity index (χ0) is 10.8. The Morgan fingerprint density at radius 2 is 2.33 bits per heavy atom. The second-order valence-corrected chi connectivity index (χ2v) is 3.75. The minimum Gasteiger partial charge on any atom is -0.397 e. The van der Waals surface area contributed by atoms with Crippen molar-refractivity contribution < 1.29 is 0 Å². The van der Waals surface area contributed by atoms with Crippen molar-refractivity contribution in [2.24, 2.45) is 0 Å². The molecule has 2 aromatic rings. The van der Waals surface area contributed by atoms with Gasteiger partial charge in [-0.15, -0.1) is 0 Å². The summed E-state index contributed by atoms with van der Waals surface area (Å²) in [5.74, 6) is 0. The predicted octanol–water partition coefficient (Wildman–Crippen LogP) is 0.639. The highest BCUT2D eigenvalue weighted by Gasteiger charge is 2.05. The average Bonchev–Trinajstić information content (AvgIpc) is 2.71. The van der Waals surface area contributed by atoms with Crippen LogP contribution in [0.3, 0.4) is 0 Å². The van der Waals surface area contributed by atoms with E-state index in [9.17, 15) is 4.79 Å². The molecule has 0 unspecified atom stereocenters. The van der Waals surface area contributed by atoms with Gasteiger partial charge in [-0.05, 0) is 13.0 Å². The molecule has 78 valence electrons. The number of pyridine rings is 1. The molecule has 0 radical (unpaired) electrons. The van der Waals surface area contributed by atoms with Crippen LogP contribution in [-0.2, 0) is 6.54 Å². The van der Waals surface area contributed by atoms with Gasteiger partial charge in [0.1, 0.15) is 0 Å². The molecule has 0 saturated heterocycles. The molecule has 0 aliphatic carbocycles. The van der Waals surface area contributed by atoms with E-state index in [0.717, 1.165) is 23.1 Å². The fourth-order valence-corrected chi connectivity index (χ4v) is 1.73. The van der Waals surface area contributed by atoms with Crippen LogP contribution in [0.1, 0.15) is 11.4 Å². The Balaban J connectivity index is 2.44. The summed E-state index contributed by atoms with van der Waals surface area (Å²) < 4.78 is 9.53. The summed E-state index contributed by atoms with van der Waals surface area (Å²) >= 11 is 1.13. The fraction of sp³-hybridized carbons (Fsp3) is 0.222. The van der Waals surface area contributed by atoms with Crippen molar-refractivity contribution in [1.29, 1.82) is 0 Å². The molecule has 0 spiro atoms. The van der Waals surface area contributed by atoms with E-state index in [2.05, 4.69) is 8.75 Å².